The summed E-state index contributed by atoms with van der Waals surface area (Å²) in [7, 11) is 0. The molecule has 1 amide bonds. The highest BCUT2D eigenvalue weighted by Gasteiger charge is 2.26. The average Bonchev–Trinajstić information content (AvgIpc) is 3.15. The molecule has 0 radical (unpaired) electrons. The molecule has 1 aromatic carbocycles. The molecule has 24 heavy (non-hydrogen) atoms. The van der Waals surface area contributed by atoms with Gasteiger partial charge in [-0.1, -0.05) is 4.49 Å². The van der Waals surface area contributed by atoms with Crippen LogP contribution in [0, 0.1) is 0 Å². The van der Waals surface area contributed by atoms with Crippen LogP contribution in [-0.4, -0.2) is 34.6 Å². The number of amides is 1. The van der Waals surface area contributed by atoms with Crippen molar-refractivity contribution in [3.05, 3.63) is 34.8 Å². The van der Waals surface area contributed by atoms with E-state index in [0.717, 1.165) is 31.6 Å². The molecule has 3 heterocycles. The van der Waals surface area contributed by atoms with Gasteiger partial charge in [-0.2, -0.15) is 0 Å². The number of benzene rings is 1. The molecular formula is C18H22N4OS. The Bertz CT molecular complexity index is 731. The Morgan fingerprint density at radius 3 is 2.96 bits per heavy atom. The van der Waals surface area contributed by atoms with Gasteiger partial charge in [0.15, 0.2) is 5.69 Å². The highest BCUT2D eigenvalue weighted by Crippen LogP contribution is 2.33. The number of nitrogens with zero attached hydrogens (tertiary/aromatic N) is 4. The molecule has 0 aliphatic carbocycles. The van der Waals surface area contributed by atoms with Gasteiger partial charge in [0.25, 0.3) is 5.91 Å². The van der Waals surface area contributed by atoms with Gasteiger partial charge >= 0.3 is 0 Å². The summed E-state index contributed by atoms with van der Waals surface area (Å²) < 4.78 is 3.82. The third kappa shape index (κ3) is 2.79. The van der Waals surface area contributed by atoms with Crippen LogP contribution in [0.15, 0.2) is 23.6 Å². The molecule has 1 atom stereocenters. The monoisotopic (exact) mass is 342 g/mol. The second-order valence-electron chi connectivity index (χ2n) is 6.70. The van der Waals surface area contributed by atoms with Gasteiger partial charge in [-0.05, 0) is 74.3 Å². The van der Waals surface area contributed by atoms with E-state index in [9.17, 15) is 4.79 Å². The van der Waals surface area contributed by atoms with E-state index in [4.69, 9.17) is 0 Å². The summed E-state index contributed by atoms with van der Waals surface area (Å²) in [6.07, 6.45) is 5.88. The highest BCUT2D eigenvalue weighted by molar-refractivity contribution is 7.03. The Balaban J connectivity index is 1.63. The Morgan fingerprint density at radius 2 is 2.17 bits per heavy atom. The van der Waals surface area contributed by atoms with E-state index >= 15 is 0 Å². The molecule has 0 spiro atoms. The smallest absolute Gasteiger partial charge is 0.279 e. The van der Waals surface area contributed by atoms with Crippen molar-refractivity contribution in [3.8, 4) is 0 Å². The van der Waals surface area contributed by atoms with Gasteiger partial charge in [0.05, 0.1) is 0 Å². The molecule has 2 aromatic rings. The van der Waals surface area contributed by atoms with Crippen LogP contribution in [0.3, 0.4) is 0 Å². The van der Waals surface area contributed by atoms with E-state index < -0.39 is 0 Å². The van der Waals surface area contributed by atoms with Crippen molar-refractivity contribution >= 4 is 28.8 Å². The van der Waals surface area contributed by atoms with E-state index in [0.29, 0.717) is 11.7 Å². The van der Waals surface area contributed by atoms with Crippen LogP contribution in [-0.2, 0) is 6.42 Å². The van der Waals surface area contributed by atoms with E-state index in [2.05, 4.69) is 39.6 Å². The lowest BCUT2D eigenvalue weighted by molar-refractivity contribution is 0.0980. The van der Waals surface area contributed by atoms with Crippen molar-refractivity contribution in [2.24, 2.45) is 0 Å². The van der Waals surface area contributed by atoms with Crippen LogP contribution in [0.2, 0.25) is 0 Å². The first-order chi connectivity index (χ1) is 11.7. The number of fused-ring (bicyclic) bond motifs is 1. The van der Waals surface area contributed by atoms with Gasteiger partial charge in [0, 0.05) is 35.9 Å². The molecule has 126 valence electrons. The van der Waals surface area contributed by atoms with Gasteiger partial charge in [-0.3, -0.25) is 4.79 Å². The lowest BCUT2D eigenvalue weighted by Crippen LogP contribution is -2.38. The zero-order chi connectivity index (χ0) is 16.5. The molecule has 1 saturated heterocycles. The van der Waals surface area contributed by atoms with Crippen molar-refractivity contribution < 1.29 is 4.79 Å². The standard InChI is InChI=1S/C18H22N4OS/c1-13-5-2-3-9-21(13)15-7-8-17-14(11-15)6-4-10-22(17)18(23)16-12-24-20-19-16/h7-8,11-13H,2-6,9-10H2,1H3. The van der Waals surface area contributed by atoms with Crippen molar-refractivity contribution in [3.63, 3.8) is 0 Å². The van der Waals surface area contributed by atoms with Crippen LogP contribution >= 0.6 is 11.5 Å². The molecular weight excluding hydrogens is 320 g/mol. The number of carbonyl (C=O) groups excluding carboxylic acids is 1. The Kier molecular flexibility index (Phi) is 4.22. The topological polar surface area (TPSA) is 49.3 Å². The number of hydrogen-bond donors (Lipinski definition) is 0. The van der Waals surface area contributed by atoms with Gasteiger partial charge in [0.1, 0.15) is 0 Å². The number of hydrogen-bond acceptors (Lipinski definition) is 5. The molecule has 1 unspecified atom stereocenters. The van der Waals surface area contributed by atoms with E-state index in [1.54, 1.807) is 5.38 Å². The van der Waals surface area contributed by atoms with Crippen LogP contribution < -0.4 is 9.80 Å². The number of aromatic nitrogens is 2. The predicted octanol–water partition coefficient (Wildman–Crippen LogP) is 3.51. The van der Waals surface area contributed by atoms with Crippen molar-refractivity contribution in [2.45, 2.75) is 45.1 Å². The predicted molar refractivity (Wildman–Crippen MR) is 97.0 cm³/mol. The minimum absolute atomic E-state index is 0.0382. The lowest BCUT2D eigenvalue weighted by Gasteiger charge is -2.37. The van der Waals surface area contributed by atoms with Crippen molar-refractivity contribution in [1.82, 2.24) is 9.59 Å². The lowest BCUT2D eigenvalue weighted by atomic mass is 9.98. The Labute approximate surface area is 146 Å². The molecule has 0 N–H and O–H groups in total. The Morgan fingerprint density at radius 1 is 1.25 bits per heavy atom. The first-order valence-corrected chi connectivity index (χ1v) is 9.56. The fraction of sp³-hybridized carbons (Fsp3) is 0.500. The van der Waals surface area contributed by atoms with E-state index in [1.807, 2.05) is 4.90 Å². The molecule has 1 fully saturated rings. The number of carbonyl (C=O) groups is 1. The summed E-state index contributed by atoms with van der Waals surface area (Å²) in [5.41, 5.74) is 4.05. The maximum absolute atomic E-state index is 12.7. The van der Waals surface area contributed by atoms with Crippen LogP contribution in [0.5, 0.6) is 0 Å². The normalized spacial score (nSPS) is 20.8. The Hall–Kier alpha value is -1.95. The fourth-order valence-electron chi connectivity index (χ4n) is 3.85. The minimum Gasteiger partial charge on any atom is -0.369 e. The third-order valence-corrected chi connectivity index (χ3v) is 5.65. The second kappa shape index (κ2) is 6.51. The number of anilines is 2. The first-order valence-electron chi connectivity index (χ1n) is 8.72. The zero-order valence-electron chi connectivity index (χ0n) is 13.9. The molecule has 5 nitrogen and oxygen atoms in total. The summed E-state index contributed by atoms with van der Waals surface area (Å²) in [6, 6.07) is 7.17. The average molecular weight is 342 g/mol. The van der Waals surface area contributed by atoms with Gasteiger partial charge in [-0.25, -0.2) is 0 Å². The van der Waals surface area contributed by atoms with Crippen LogP contribution in [0.1, 0.15) is 48.7 Å². The van der Waals surface area contributed by atoms with E-state index in [-0.39, 0.29) is 5.91 Å². The molecule has 0 saturated carbocycles. The maximum atomic E-state index is 12.7. The van der Waals surface area contributed by atoms with Crippen molar-refractivity contribution in [1.29, 1.82) is 0 Å². The highest BCUT2D eigenvalue weighted by atomic mass is 32.1. The minimum atomic E-state index is -0.0382. The fourth-order valence-corrected chi connectivity index (χ4v) is 4.28. The number of aryl methyl sites for hydroxylation is 1. The first kappa shape index (κ1) is 15.6. The van der Waals surface area contributed by atoms with Crippen molar-refractivity contribution in [2.75, 3.05) is 22.9 Å². The van der Waals surface area contributed by atoms with Gasteiger partial charge < -0.3 is 9.80 Å². The largest absolute Gasteiger partial charge is 0.369 e. The number of rotatable bonds is 2. The quantitative estimate of drug-likeness (QED) is 0.838. The molecule has 6 heteroatoms. The van der Waals surface area contributed by atoms with Crippen LogP contribution in [0.25, 0.3) is 0 Å². The summed E-state index contributed by atoms with van der Waals surface area (Å²) in [5, 5.41) is 5.66. The number of piperidine rings is 1. The molecule has 2 aliphatic rings. The summed E-state index contributed by atoms with van der Waals surface area (Å²) in [5.74, 6) is -0.0382. The van der Waals surface area contributed by atoms with Crippen LogP contribution in [0.4, 0.5) is 11.4 Å². The molecule has 2 aliphatic heterocycles. The summed E-state index contributed by atoms with van der Waals surface area (Å²) in [6.45, 7) is 4.19. The second-order valence-corrected chi connectivity index (χ2v) is 7.31. The summed E-state index contributed by atoms with van der Waals surface area (Å²) >= 11 is 1.22. The third-order valence-electron chi connectivity index (χ3n) is 5.14. The van der Waals surface area contributed by atoms with E-state index in [1.165, 1.54) is 42.0 Å². The molecule has 0 bridgehead atoms. The zero-order valence-corrected chi connectivity index (χ0v) is 14.8. The summed E-state index contributed by atoms with van der Waals surface area (Å²) in [4.78, 5) is 17.1. The maximum Gasteiger partial charge on any atom is 0.279 e. The SMILES string of the molecule is CC1CCCCN1c1ccc2c(c1)CCCN2C(=O)c1csnn1. The van der Waals surface area contributed by atoms with Gasteiger partial charge in [-0.15, -0.1) is 5.10 Å². The molecule has 4 rings (SSSR count). The van der Waals surface area contributed by atoms with Gasteiger partial charge in [0.2, 0.25) is 0 Å². The molecule has 1 aromatic heterocycles.